The first-order valence-corrected chi connectivity index (χ1v) is 12.6. The van der Waals surface area contributed by atoms with E-state index in [0.29, 0.717) is 29.3 Å². The maximum Gasteiger partial charge on any atom is 0.253 e. The molecule has 2 N–H and O–H groups in total. The molecule has 0 bridgehead atoms. The van der Waals surface area contributed by atoms with E-state index in [-0.39, 0.29) is 18.0 Å². The van der Waals surface area contributed by atoms with Gasteiger partial charge in [-0.05, 0) is 90.8 Å². The number of amides is 1. The summed E-state index contributed by atoms with van der Waals surface area (Å²) in [4.78, 5) is 33.3. The lowest BCUT2D eigenvalue weighted by molar-refractivity contribution is 0.0950. The Bertz CT molecular complexity index is 1070. The highest BCUT2D eigenvalue weighted by Crippen LogP contribution is 2.34. The van der Waals surface area contributed by atoms with Crippen LogP contribution in [0.15, 0.2) is 27.5 Å². The summed E-state index contributed by atoms with van der Waals surface area (Å²) in [5.74, 6) is -0.171. The average Bonchev–Trinajstić information content (AvgIpc) is 2.73. The number of nitrogens with zero attached hydrogens (tertiary/aromatic N) is 2. The smallest absolute Gasteiger partial charge is 0.253 e. The van der Waals surface area contributed by atoms with Gasteiger partial charge in [0.1, 0.15) is 0 Å². The molecule has 1 aliphatic rings. The normalized spacial score (nSPS) is 21.2. The van der Waals surface area contributed by atoms with Crippen molar-refractivity contribution < 1.29 is 4.79 Å². The van der Waals surface area contributed by atoms with Crippen LogP contribution < -0.4 is 15.8 Å². The van der Waals surface area contributed by atoms with E-state index in [1.165, 1.54) is 0 Å². The summed E-state index contributed by atoms with van der Waals surface area (Å²) < 4.78 is 0.880. The van der Waals surface area contributed by atoms with E-state index < -0.39 is 0 Å². The van der Waals surface area contributed by atoms with Gasteiger partial charge in [0.25, 0.3) is 11.5 Å². The van der Waals surface area contributed by atoms with Gasteiger partial charge in [0.05, 0.1) is 0 Å². The molecule has 3 atom stereocenters. The van der Waals surface area contributed by atoms with E-state index in [1.54, 1.807) is 0 Å². The zero-order chi connectivity index (χ0) is 24.4. The highest BCUT2D eigenvalue weighted by Gasteiger charge is 2.32. The lowest BCUT2D eigenvalue weighted by atomic mass is 9.91. The van der Waals surface area contributed by atoms with Crippen molar-refractivity contribution in [3.63, 3.8) is 0 Å². The molecule has 180 valence electrons. The molecule has 2 unspecified atom stereocenters. The van der Waals surface area contributed by atoms with Crippen LogP contribution in [-0.4, -0.2) is 47.5 Å². The summed E-state index contributed by atoms with van der Waals surface area (Å²) in [7, 11) is 2.20. The zero-order valence-corrected chi connectivity index (χ0v) is 22.5. The second-order valence-electron chi connectivity index (χ2n) is 9.50. The number of likely N-dealkylation sites (tertiary alicyclic amines) is 1. The maximum absolute atomic E-state index is 13.2. The number of anilines is 1. The van der Waals surface area contributed by atoms with Crippen molar-refractivity contribution in [1.82, 2.24) is 15.2 Å². The van der Waals surface area contributed by atoms with Crippen molar-refractivity contribution in [3.8, 4) is 0 Å². The van der Waals surface area contributed by atoms with Gasteiger partial charge in [0.2, 0.25) is 0 Å². The second-order valence-corrected chi connectivity index (χ2v) is 10.4. The predicted octanol–water partition coefficient (Wildman–Crippen LogP) is 4.69. The fraction of sp³-hybridized carbons (Fsp3) is 0.538. The fourth-order valence-electron chi connectivity index (χ4n) is 5.09. The van der Waals surface area contributed by atoms with Crippen molar-refractivity contribution in [2.75, 3.05) is 18.5 Å². The molecule has 7 heteroatoms. The Morgan fingerprint density at radius 3 is 2.39 bits per heavy atom. The highest BCUT2D eigenvalue weighted by molar-refractivity contribution is 9.10. The van der Waals surface area contributed by atoms with Gasteiger partial charge in [0.15, 0.2) is 0 Å². The van der Waals surface area contributed by atoms with Gasteiger partial charge in [-0.15, -0.1) is 0 Å². The molecule has 0 aliphatic carbocycles. The minimum Gasteiger partial charge on any atom is -0.368 e. The van der Waals surface area contributed by atoms with Crippen LogP contribution in [0.2, 0.25) is 0 Å². The topological polar surface area (TPSA) is 68.4 Å². The molecule has 1 fully saturated rings. The van der Waals surface area contributed by atoms with Gasteiger partial charge in [-0.3, -0.25) is 9.59 Å². The number of rotatable bonds is 6. The number of carbonyl (C=O) groups excluding carboxylic acids is 1. The van der Waals surface area contributed by atoms with E-state index in [2.05, 4.69) is 69.9 Å². The molecule has 33 heavy (non-hydrogen) atoms. The molecule has 1 saturated heterocycles. The van der Waals surface area contributed by atoms with Gasteiger partial charge in [-0.2, -0.15) is 0 Å². The number of nitrogens with one attached hydrogen (secondary N) is 2. The van der Waals surface area contributed by atoms with E-state index >= 15 is 0 Å². The van der Waals surface area contributed by atoms with Crippen LogP contribution in [0.4, 0.5) is 5.69 Å². The van der Waals surface area contributed by atoms with E-state index in [0.717, 1.165) is 46.4 Å². The third kappa shape index (κ3) is 5.52. The molecule has 0 saturated carbocycles. The number of benzene rings is 1. The molecule has 0 radical (unpaired) electrons. The fourth-order valence-corrected chi connectivity index (χ4v) is 5.54. The molecule has 0 spiro atoms. The standard InChI is InChI=1S/C26H37BrN4O2/c1-8-31(21-10-17(4)30(7)18(5)11-21)24-13-20(27)12-22(19(24)6)25(32)28-14-23-15(2)9-16(3)29-26(23)33/h9,12-13,17-18,21H,8,10-11,14H2,1-7H3,(H,28,32)(H,29,33)/t17-,18?,21?/m1/s1. The van der Waals surface area contributed by atoms with Crippen molar-refractivity contribution >= 4 is 27.5 Å². The Labute approximate surface area is 205 Å². The summed E-state index contributed by atoms with van der Waals surface area (Å²) >= 11 is 3.63. The summed E-state index contributed by atoms with van der Waals surface area (Å²) in [5, 5.41) is 2.96. The van der Waals surface area contributed by atoms with Crippen LogP contribution in [0.5, 0.6) is 0 Å². The van der Waals surface area contributed by atoms with Crippen LogP contribution in [0.1, 0.15) is 66.4 Å². The number of carbonyl (C=O) groups is 1. The quantitative estimate of drug-likeness (QED) is 0.584. The van der Waals surface area contributed by atoms with Gasteiger partial charge in [-0.25, -0.2) is 0 Å². The Hall–Kier alpha value is -2.12. The number of aryl methyl sites for hydroxylation is 2. The molecular weight excluding hydrogens is 480 g/mol. The molecule has 1 aliphatic heterocycles. The van der Waals surface area contributed by atoms with Crippen molar-refractivity contribution in [1.29, 1.82) is 0 Å². The first-order chi connectivity index (χ1) is 15.5. The number of pyridine rings is 1. The zero-order valence-electron chi connectivity index (χ0n) is 20.9. The Kier molecular flexibility index (Phi) is 8.06. The SMILES string of the molecule is CCN(c1cc(Br)cc(C(=O)NCc2c(C)cc(C)[nH]c2=O)c1C)C1CC(C)N(C)[C@H](C)C1. The molecule has 1 aromatic carbocycles. The number of H-pyrrole nitrogens is 1. The average molecular weight is 518 g/mol. The number of aromatic amines is 1. The van der Waals surface area contributed by atoms with Gasteiger partial charge < -0.3 is 20.1 Å². The number of hydrogen-bond acceptors (Lipinski definition) is 4. The highest BCUT2D eigenvalue weighted by atomic mass is 79.9. The van der Waals surface area contributed by atoms with Crippen LogP contribution in [0.25, 0.3) is 0 Å². The van der Waals surface area contributed by atoms with Gasteiger partial charge in [-0.1, -0.05) is 15.9 Å². The van der Waals surface area contributed by atoms with E-state index in [4.69, 9.17) is 0 Å². The monoisotopic (exact) mass is 516 g/mol. The molecular formula is C26H37BrN4O2. The maximum atomic E-state index is 13.2. The summed E-state index contributed by atoms with van der Waals surface area (Å²) in [5.41, 5.74) is 4.83. The van der Waals surface area contributed by atoms with E-state index in [9.17, 15) is 9.59 Å². The molecule has 2 heterocycles. The number of halogens is 1. The first-order valence-electron chi connectivity index (χ1n) is 11.8. The van der Waals surface area contributed by atoms with E-state index in [1.807, 2.05) is 32.9 Å². The predicted molar refractivity (Wildman–Crippen MR) is 139 cm³/mol. The third-order valence-electron chi connectivity index (χ3n) is 7.22. The first kappa shape index (κ1) is 25.5. The minimum absolute atomic E-state index is 0.151. The van der Waals surface area contributed by atoms with Crippen molar-refractivity contribution in [2.24, 2.45) is 0 Å². The van der Waals surface area contributed by atoms with Crippen molar-refractivity contribution in [2.45, 2.75) is 79.1 Å². The van der Waals surface area contributed by atoms with Crippen LogP contribution in [0, 0.1) is 20.8 Å². The number of piperidine rings is 1. The number of aromatic nitrogens is 1. The molecule has 1 aromatic heterocycles. The van der Waals surface area contributed by atoms with Crippen LogP contribution in [-0.2, 0) is 6.54 Å². The van der Waals surface area contributed by atoms with Gasteiger partial charge in [0, 0.05) is 58.2 Å². The second kappa shape index (κ2) is 10.4. The van der Waals surface area contributed by atoms with Crippen molar-refractivity contribution in [3.05, 3.63) is 61.0 Å². The summed E-state index contributed by atoms with van der Waals surface area (Å²) in [6.07, 6.45) is 2.19. The van der Waals surface area contributed by atoms with Crippen LogP contribution in [0.3, 0.4) is 0 Å². The van der Waals surface area contributed by atoms with Crippen LogP contribution >= 0.6 is 15.9 Å². The number of hydrogen-bond donors (Lipinski definition) is 2. The Morgan fingerprint density at radius 1 is 1.18 bits per heavy atom. The summed E-state index contributed by atoms with van der Waals surface area (Å²) in [6, 6.07) is 7.37. The lowest BCUT2D eigenvalue weighted by Gasteiger charge is -2.45. The summed E-state index contributed by atoms with van der Waals surface area (Å²) in [6.45, 7) is 13.6. The molecule has 6 nitrogen and oxygen atoms in total. The van der Waals surface area contributed by atoms with Gasteiger partial charge >= 0.3 is 0 Å². The Morgan fingerprint density at radius 2 is 1.82 bits per heavy atom. The molecule has 1 amide bonds. The molecule has 2 aromatic rings. The lowest BCUT2D eigenvalue weighted by Crippen LogP contribution is -2.51. The largest absolute Gasteiger partial charge is 0.368 e. The third-order valence-corrected chi connectivity index (χ3v) is 7.67. The Balaban J connectivity index is 1.87. The molecule has 3 rings (SSSR count). The minimum atomic E-state index is -0.171.